The van der Waals surface area contributed by atoms with E-state index in [0.29, 0.717) is 11.3 Å². The fourth-order valence-electron chi connectivity index (χ4n) is 3.79. The largest absolute Gasteiger partial charge is 0.445 e. The van der Waals surface area contributed by atoms with Gasteiger partial charge in [0.1, 0.15) is 17.4 Å². The number of nitrogens with two attached hydrogens (primary N) is 1. The number of rotatable bonds is 3. The van der Waals surface area contributed by atoms with E-state index in [1.165, 1.54) is 12.8 Å². The molecule has 1 aromatic carbocycles. The van der Waals surface area contributed by atoms with Crippen LogP contribution in [-0.4, -0.2) is 22.5 Å². The molecule has 1 fully saturated rings. The van der Waals surface area contributed by atoms with Crippen molar-refractivity contribution < 1.29 is 4.74 Å². The molecule has 1 aromatic heterocycles. The van der Waals surface area contributed by atoms with Gasteiger partial charge in [-0.15, -0.1) is 0 Å². The summed E-state index contributed by atoms with van der Waals surface area (Å²) in [6.45, 7) is 10.4. The zero-order valence-corrected chi connectivity index (χ0v) is 19.9. The number of aromatic nitrogens is 2. The van der Waals surface area contributed by atoms with Crippen LogP contribution in [0.15, 0.2) is 70.5 Å². The number of aliphatic imine (C=N–C) groups is 1. The highest BCUT2D eigenvalue weighted by atomic mass is 16.5. The van der Waals surface area contributed by atoms with Crippen molar-refractivity contribution in [1.82, 2.24) is 9.78 Å². The molecule has 6 heteroatoms. The third kappa shape index (κ3) is 5.11. The maximum absolute atomic E-state index is 9.81. The molecule has 0 radical (unpaired) electrons. The Bertz CT molecular complexity index is 1070. The first-order chi connectivity index (χ1) is 15.2. The van der Waals surface area contributed by atoms with Crippen LogP contribution in [0.2, 0.25) is 0 Å². The van der Waals surface area contributed by atoms with E-state index in [1.807, 2.05) is 43.5 Å². The van der Waals surface area contributed by atoms with Gasteiger partial charge in [0, 0.05) is 36.1 Å². The summed E-state index contributed by atoms with van der Waals surface area (Å²) in [6, 6.07) is 12.1. The number of hydrogen-bond donors (Lipinski definition) is 1. The fraction of sp³-hybridized carbons (Fsp3) is 0.423. The Morgan fingerprint density at radius 1 is 1.25 bits per heavy atom. The molecule has 2 N–H and O–H groups in total. The van der Waals surface area contributed by atoms with Gasteiger partial charge in [-0.25, -0.2) is 4.68 Å². The van der Waals surface area contributed by atoms with Gasteiger partial charge in [-0.1, -0.05) is 52.7 Å². The van der Waals surface area contributed by atoms with E-state index in [9.17, 15) is 5.26 Å². The molecule has 0 amide bonds. The van der Waals surface area contributed by atoms with E-state index in [4.69, 9.17) is 10.5 Å². The zero-order chi connectivity index (χ0) is 23.5. The van der Waals surface area contributed by atoms with Crippen molar-refractivity contribution in [2.75, 3.05) is 7.05 Å². The van der Waals surface area contributed by atoms with Crippen molar-refractivity contribution in [1.29, 1.82) is 5.26 Å². The van der Waals surface area contributed by atoms with Gasteiger partial charge in [0.2, 0.25) is 5.88 Å². The minimum atomic E-state index is -0.330. The van der Waals surface area contributed by atoms with E-state index in [-0.39, 0.29) is 17.2 Å². The van der Waals surface area contributed by atoms with Crippen LogP contribution in [0.5, 0.6) is 0 Å². The summed E-state index contributed by atoms with van der Waals surface area (Å²) in [5, 5.41) is 14.1. The minimum Gasteiger partial charge on any atom is -0.445 e. The lowest BCUT2D eigenvalue weighted by Gasteiger charge is -2.33. The molecule has 1 aliphatic carbocycles. The third-order valence-corrected chi connectivity index (χ3v) is 5.66. The molecule has 4 rings (SSSR count). The fourth-order valence-corrected chi connectivity index (χ4v) is 3.79. The predicted octanol–water partition coefficient (Wildman–Crippen LogP) is 5.49. The maximum atomic E-state index is 9.81. The van der Waals surface area contributed by atoms with Crippen molar-refractivity contribution in [3.63, 3.8) is 0 Å². The van der Waals surface area contributed by atoms with Gasteiger partial charge in [-0.05, 0) is 36.6 Å². The molecular weight excluding hydrogens is 398 g/mol. The maximum Gasteiger partial charge on any atom is 0.205 e. The lowest BCUT2D eigenvalue weighted by Crippen LogP contribution is -2.31. The number of ether oxygens (including phenoxy) is 1. The quantitative estimate of drug-likeness (QED) is 0.651. The molecule has 0 spiro atoms. The first-order valence-corrected chi connectivity index (χ1v) is 11.0. The summed E-state index contributed by atoms with van der Waals surface area (Å²) in [5.74, 6) is 1.57. The number of nitrogens with zero attached hydrogens (tertiary/aromatic N) is 4. The third-order valence-electron chi connectivity index (χ3n) is 5.66. The van der Waals surface area contributed by atoms with Crippen LogP contribution >= 0.6 is 0 Å². The average molecular weight is 432 g/mol. The minimum absolute atomic E-state index is 0.147. The van der Waals surface area contributed by atoms with Gasteiger partial charge in [0.15, 0.2) is 0 Å². The van der Waals surface area contributed by atoms with Crippen LogP contribution < -0.4 is 5.73 Å². The van der Waals surface area contributed by atoms with Crippen LogP contribution in [0.3, 0.4) is 0 Å². The van der Waals surface area contributed by atoms with E-state index < -0.39 is 0 Å². The van der Waals surface area contributed by atoms with Gasteiger partial charge < -0.3 is 10.5 Å². The van der Waals surface area contributed by atoms with Crippen molar-refractivity contribution in [2.24, 2.45) is 22.1 Å². The molecule has 2 aliphatic rings. The summed E-state index contributed by atoms with van der Waals surface area (Å²) >= 11 is 0. The van der Waals surface area contributed by atoms with Crippen LogP contribution in [0.4, 0.5) is 0 Å². The zero-order valence-electron chi connectivity index (χ0n) is 19.9. The SMILES string of the molecule is CC1CC1.CN=C(C1=C(C)OC(N)=C(C#N)C1c1ccc(-n2cccn2)cc1)C(C)(C)C. The molecule has 2 aromatic rings. The molecule has 1 saturated carbocycles. The summed E-state index contributed by atoms with van der Waals surface area (Å²) in [6.07, 6.45) is 6.60. The van der Waals surface area contributed by atoms with Crippen LogP contribution in [-0.2, 0) is 4.74 Å². The topological polar surface area (TPSA) is 89.2 Å². The predicted molar refractivity (Wildman–Crippen MR) is 128 cm³/mol. The van der Waals surface area contributed by atoms with Crippen LogP contribution in [0, 0.1) is 22.7 Å². The monoisotopic (exact) mass is 431 g/mol. The molecule has 1 atom stereocenters. The molecule has 0 saturated heterocycles. The molecule has 6 nitrogen and oxygen atoms in total. The second-order valence-electron chi connectivity index (χ2n) is 9.44. The number of benzene rings is 1. The summed E-state index contributed by atoms with van der Waals surface area (Å²) in [7, 11) is 1.77. The normalized spacial score (nSPS) is 19.2. The van der Waals surface area contributed by atoms with Gasteiger partial charge in [-0.3, -0.25) is 4.99 Å². The number of hydrogen-bond acceptors (Lipinski definition) is 5. The van der Waals surface area contributed by atoms with E-state index in [1.54, 1.807) is 17.9 Å². The molecule has 2 heterocycles. The van der Waals surface area contributed by atoms with Crippen molar-refractivity contribution >= 4 is 5.71 Å². The smallest absolute Gasteiger partial charge is 0.205 e. The Hall–Kier alpha value is -3.33. The van der Waals surface area contributed by atoms with E-state index in [2.05, 4.69) is 43.9 Å². The van der Waals surface area contributed by atoms with Gasteiger partial charge >= 0.3 is 0 Å². The number of allylic oxidation sites excluding steroid dienone is 3. The lowest BCUT2D eigenvalue weighted by molar-refractivity contribution is 0.283. The molecule has 1 unspecified atom stereocenters. The van der Waals surface area contributed by atoms with E-state index in [0.717, 1.165) is 28.5 Å². The lowest BCUT2D eigenvalue weighted by atomic mass is 9.74. The summed E-state index contributed by atoms with van der Waals surface area (Å²) in [5.41, 5.74) is 9.95. The number of nitriles is 1. The van der Waals surface area contributed by atoms with Crippen LogP contribution in [0.25, 0.3) is 5.69 Å². The average Bonchev–Trinajstić information content (AvgIpc) is 3.33. The second kappa shape index (κ2) is 9.44. The summed E-state index contributed by atoms with van der Waals surface area (Å²) < 4.78 is 7.53. The molecule has 32 heavy (non-hydrogen) atoms. The summed E-state index contributed by atoms with van der Waals surface area (Å²) in [4.78, 5) is 4.55. The molecule has 168 valence electrons. The standard InChI is InChI=1S/C22H25N5O.C4H8/c1-14-18(20(25-5)22(2,3)4)19(17(13-23)21(24)28-14)15-7-9-16(10-8-15)27-12-6-11-26-27;1-4-2-3-4/h6-12,19H,24H2,1-5H3;4H,2-3H2,1H3. The Balaban J connectivity index is 0.000000650. The molecular formula is C26H33N5O. The molecule has 0 bridgehead atoms. The van der Waals surface area contributed by atoms with E-state index >= 15 is 0 Å². The Morgan fingerprint density at radius 3 is 2.31 bits per heavy atom. The van der Waals surface area contributed by atoms with Crippen LogP contribution in [0.1, 0.15) is 58.9 Å². The highest BCUT2D eigenvalue weighted by Gasteiger charge is 2.37. The molecule has 1 aliphatic heterocycles. The first-order valence-electron chi connectivity index (χ1n) is 11.0. The van der Waals surface area contributed by atoms with Gasteiger partial charge in [0.25, 0.3) is 0 Å². The van der Waals surface area contributed by atoms with Crippen molar-refractivity contribution in [2.45, 2.75) is 53.4 Å². The van der Waals surface area contributed by atoms with Crippen molar-refractivity contribution in [3.8, 4) is 11.8 Å². The van der Waals surface area contributed by atoms with Crippen molar-refractivity contribution in [3.05, 3.63) is 71.1 Å². The van der Waals surface area contributed by atoms with Gasteiger partial charge in [-0.2, -0.15) is 10.4 Å². The first kappa shape index (κ1) is 23.3. The highest BCUT2D eigenvalue weighted by molar-refractivity contribution is 6.06. The Labute approximate surface area is 191 Å². The Kier molecular flexibility index (Phi) is 6.88. The van der Waals surface area contributed by atoms with Gasteiger partial charge in [0.05, 0.1) is 11.6 Å². The second-order valence-corrected chi connectivity index (χ2v) is 9.44. The Morgan fingerprint density at radius 2 is 1.88 bits per heavy atom. The highest BCUT2D eigenvalue weighted by Crippen LogP contribution is 2.42.